The van der Waals surface area contributed by atoms with Gasteiger partial charge in [-0.15, -0.1) is 0 Å². The van der Waals surface area contributed by atoms with Gasteiger partial charge >= 0.3 is 0 Å². The molecule has 1 amide bonds. The molecule has 0 atom stereocenters. The van der Waals surface area contributed by atoms with Crippen LogP contribution in [-0.4, -0.2) is 25.4 Å². The molecule has 3 N–H and O–H groups in total. The highest BCUT2D eigenvalue weighted by Gasteiger charge is 2.19. The molecule has 0 unspecified atom stereocenters. The Hall–Kier alpha value is -1.47. The summed E-state index contributed by atoms with van der Waals surface area (Å²) in [5, 5.41) is 7.82. The number of amides is 1. The third kappa shape index (κ3) is 3.05. The second kappa shape index (κ2) is 5.03. The fraction of sp³-hybridized carbons (Fsp3) is 0.455. The van der Waals surface area contributed by atoms with Crippen LogP contribution < -0.4 is 10.5 Å². The first-order valence-corrected chi connectivity index (χ1v) is 7.31. The molecule has 0 aliphatic heterocycles. The lowest BCUT2D eigenvalue weighted by molar-refractivity contribution is 0.0932. The number of hydrogen-bond acceptors (Lipinski definition) is 4. The van der Waals surface area contributed by atoms with Crippen molar-refractivity contribution in [3.8, 4) is 0 Å². The molecule has 0 saturated heterocycles. The number of aromatic nitrogens is 1. The third-order valence-electron chi connectivity index (χ3n) is 2.99. The average Bonchev–Trinajstić information content (AvgIpc) is 2.81. The average molecular weight is 269 g/mol. The van der Waals surface area contributed by atoms with Crippen LogP contribution in [0.25, 0.3) is 0 Å². The van der Waals surface area contributed by atoms with Crippen LogP contribution >= 0.6 is 0 Å². The minimum atomic E-state index is -3.76. The van der Waals surface area contributed by atoms with Crippen LogP contribution in [0.1, 0.15) is 36.2 Å². The molecule has 0 aromatic carbocycles. The Morgan fingerprint density at radius 2 is 2.00 bits per heavy atom. The van der Waals surface area contributed by atoms with Crippen molar-refractivity contribution in [2.45, 2.75) is 36.6 Å². The molecule has 98 valence electrons. The Labute approximate surface area is 106 Å². The summed E-state index contributed by atoms with van der Waals surface area (Å²) >= 11 is 0. The summed E-state index contributed by atoms with van der Waals surface area (Å²) in [7, 11) is -3.76. The van der Waals surface area contributed by atoms with Crippen LogP contribution in [0.2, 0.25) is 0 Å². The van der Waals surface area contributed by atoms with Crippen molar-refractivity contribution in [3.63, 3.8) is 0 Å². The van der Waals surface area contributed by atoms with Gasteiger partial charge in [0.2, 0.25) is 10.0 Å². The SMILES string of the molecule is NS(=O)(=O)c1ccc(C(=O)NC2CCCC2)nc1. The van der Waals surface area contributed by atoms with E-state index in [0.717, 1.165) is 31.9 Å². The van der Waals surface area contributed by atoms with Crippen molar-refractivity contribution in [2.24, 2.45) is 5.14 Å². The summed E-state index contributed by atoms with van der Waals surface area (Å²) < 4.78 is 22.1. The maximum Gasteiger partial charge on any atom is 0.270 e. The number of carbonyl (C=O) groups excluding carboxylic acids is 1. The number of carbonyl (C=O) groups is 1. The van der Waals surface area contributed by atoms with Gasteiger partial charge < -0.3 is 5.32 Å². The third-order valence-corrected chi connectivity index (χ3v) is 3.89. The maximum absolute atomic E-state index is 11.8. The maximum atomic E-state index is 11.8. The van der Waals surface area contributed by atoms with Gasteiger partial charge in [-0.2, -0.15) is 0 Å². The van der Waals surface area contributed by atoms with Gasteiger partial charge in [0.1, 0.15) is 10.6 Å². The van der Waals surface area contributed by atoms with Crippen molar-refractivity contribution < 1.29 is 13.2 Å². The number of primary sulfonamides is 1. The molecule has 2 rings (SSSR count). The summed E-state index contributed by atoms with van der Waals surface area (Å²) in [6.07, 6.45) is 5.33. The summed E-state index contributed by atoms with van der Waals surface area (Å²) in [5.41, 5.74) is 0.203. The van der Waals surface area contributed by atoms with Gasteiger partial charge in [-0.25, -0.2) is 18.5 Å². The molecular weight excluding hydrogens is 254 g/mol. The predicted octanol–water partition coefficient (Wildman–Crippen LogP) is 0.401. The van der Waals surface area contributed by atoms with E-state index in [0.29, 0.717) is 0 Å². The lowest BCUT2D eigenvalue weighted by atomic mass is 10.2. The van der Waals surface area contributed by atoms with Crippen molar-refractivity contribution in [2.75, 3.05) is 0 Å². The number of pyridine rings is 1. The molecule has 0 spiro atoms. The Kier molecular flexibility index (Phi) is 3.63. The number of nitrogens with one attached hydrogen (secondary N) is 1. The topological polar surface area (TPSA) is 102 Å². The van der Waals surface area contributed by atoms with E-state index in [9.17, 15) is 13.2 Å². The Morgan fingerprint density at radius 3 is 2.50 bits per heavy atom. The predicted molar refractivity (Wildman–Crippen MR) is 65.3 cm³/mol. The Bertz CT molecular complexity index is 533. The fourth-order valence-electron chi connectivity index (χ4n) is 2.01. The zero-order valence-electron chi connectivity index (χ0n) is 9.80. The van der Waals surface area contributed by atoms with Crippen LogP contribution in [0.4, 0.5) is 0 Å². The fourth-order valence-corrected chi connectivity index (χ4v) is 2.47. The molecule has 7 heteroatoms. The van der Waals surface area contributed by atoms with E-state index in [1.165, 1.54) is 12.1 Å². The molecule has 1 saturated carbocycles. The van der Waals surface area contributed by atoms with Gasteiger partial charge in [-0.3, -0.25) is 4.79 Å². The quantitative estimate of drug-likeness (QED) is 0.829. The number of sulfonamides is 1. The van der Waals surface area contributed by atoms with Crippen LogP contribution in [0.5, 0.6) is 0 Å². The lowest BCUT2D eigenvalue weighted by Gasteiger charge is -2.11. The molecule has 1 aromatic heterocycles. The molecule has 1 aromatic rings. The van der Waals surface area contributed by atoms with Crippen LogP contribution in [0, 0.1) is 0 Å². The summed E-state index contributed by atoms with van der Waals surface area (Å²) in [6, 6.07) is 2.85. The van der Waals surface area contributed by atoms with E-state index in [-0.39, 0.29) is 22.5 Å². The van der Waals surface area contributed by atoms with E-state index in [1.54, 1.807) is 0 Å². The van der Waals surface area contributed by atoms with Crippen LogP contribution in [0.3, 0.4) is 0 Å². The van der Waals surface area contributed by atoms with E-state index in [1.807, 2.05) is 0 Å². The van der Waals surface area contributed by atoms with Gasteiger partial charge in [0.05, 0.1) is 0 Å². The number of nitrogens with zero attached hydrogens (tertiary/aromatic N) is 1. The lowest BCUT2D eigenvalue weighted by Crippen LogP contribution is -2.33. The van der Waals surface area contributed by atoms with Crippen molar-refractivity contribution >= 4 is 15.9 Å². The van der Waals surface area contributed by atoms with E-state index < -0.39 is 10.0 Å². The monoisotopic (exact) mass is 269 g/mol. The van der Waals surface area contributed by atoms with Crippen LogP contribution in [0.15, 0.2) is 23.2 Å². The molecule has 6 nitrogen and oxygen atoms in total. The van der Waals surface area contributed by atoms with E-state index in [2.05, 4.69) is 10.3 Å². The second-order valence-electron chi connectivity index (χ2n) is 4.38. The first kappa shape index (κ1) is 13.0. The highest BCUT2D eigenvalue weighted by Crippen LogP contribution is 2.18. The van der Waals surface area contributed by atoms with Crippen LogP contribution in [-0.2, 0) is 10.0 Å². The summed E-state index contributed by atoms with van der Waals surface area (Å²) in [4.78, 5) is 15.5. The summed E-state index contributed by atoms with van der Waals surface area (Å²) in [6.45, 7) is 0. The van der Waals surface area contributed by atoms with Crippen molar-refractivity contribution in [3.05, 3.63) is 24.0 Å². The van der Waals surface area contributed by atoms with E-state index in [4.69, 9.17) is 5.14 Å². The molecule has 1 aliphatic carbocycles. The minimum absolute atomic E-state index is 0.0973. The molecule has 1 heterocycles. The molecular formula is C11H15N3O3S. The zero-order valence-corrected chi connectivity index (χ0v) is 10.6. The highest BCUT2D eigenvalue weighted by atomic mass is 32.2. The zero-order chi connectivity index (χ0) is 13.2. The minimum Gasteiger partial charge on any atom is -0.348 e. The van der Waals surface area contributed by atoms with Crippen molar-refractivity contribution in [1.82, 2.24) is 10.3 Å². The molecule has 0 radical (unpaired) electrons. The van der Waals surface area contributed by atoms with Gasteiger partial charge in [0.15, 0.2) is 0 Å². The standard InChI is InChI=1S/C11H15N3O3S/c12-18(16,17)9-5-6-10(13-7-9)11(15)14-8-3-1-2-4-8/h5-8H,1-4H2,(H,14,15)(H2,12,16,17). The van der Waals surface area contributed by atoms with Crippen molar-refractivity contribution in [1.29, 1.82) is 0 Å². The second-order valence-corrected chi connectivity index (χ2v) is 5.94. The Morgan fingerprint density at radius 1 is 1.33 bits per heavy atom. The number of nitrogens with two attached hydrogens (primary N) is 1. The number of hydrogen-bond donors (Lipinski definition) is 2. The van der Waals surface area contributed by atoms with Gasteiger partial charge in [-0.05, 0) is 25.0 Å². The Balaban J connectivity index is 2.07. The molecule has 1 aliphatic rings. The molecule has 1 fully saturated rings. The van der Waals surface area contributed by atoms with Gasteiger partial charge in [0.25, 0.3) is 5.91 Å². The molecule has 0 bridgehead atoms. The number of rotatable bonds is 3. The smallest absolute Gasteiger partial charge is 0.270 e. The first-order chi connectivity index (χ1) is 8.47. The largest absolute Gasteiger partial charge is 0.348 e. The van der Waals surface area contributed by atoms with Gasteiger partial charge in [-0.1, -0.05) is 12.8 Å². The normalized spacial score (nSPS) is 16.7. The van der Waals surface area contributed by atoms with Gasteiger partial charge in [0, 0.05) is 12.2 Å². The van der Waals surface area contributed by atoms with E-state index >= 15 is 0 Å². The highest BCUT2D eigenvalue weighted by molar-refractivity contribution is 7.89. The first-order valence-electron chi connectivity index (χ1n) is 5.76. The molecule has 18 heavy (non-hydrogen) atoms. The summed E-state index contributed by atoms with van der Waals surface area (Å²) in [5.74, 6) is -0.275.